The van der Waals surface area contributed by atoms with E-state index in [0.717, 1.165) is 12.8 Å². The van der Waals surface area contributed by atoms with Gasteiger partial charge in [0.15, 0.2) is 0 Å². The maximum atomic E-state index is 8.75. The number of rotatable bonds is 3. The third kappa shape index (κ3) is 3.12. The van der Waals surface area contributed by atoms with Crippen LogP contribution >= 0.6 is 11.6 Å². The molecule has 1 aromatic rings. The van der Waals surface area contributed by atoms with Gasteiger partial charge >= 0.3 is 0 Å². The average Bonchev–Trinajstić information content (AvgIpc) is 2.73. The summed E-state index contributed by atoms with van der Waals surface area (Å²) in [5, 5.41) is 9.17. The summed E-state index contributed by atoms with van der Waals surface area (Å²) in [4.78, 5) is 0. The van der Waals surface area contributed by atoms with Gasteiger partial charge in [-0.3, -0.25) is 0 Å². The van der Waals surface area contributed by atoms with Crippen LogP contribution < -0.4 is 4.74 Å². The van der Waals surface area contributed by atoms with E-state index < -0.39 is 0 Å². The van der Waals surface area contributed by atoms with Gasteiger partial charge in [0.25, 0.3) is 0 Å². The monoisotopic (exact) mass is 251 g/mol. The van der Waals surface area contributed by atoms with Crippen LogP contribution in [-0.2, 0) is 4.74 Å². The zero-order valence-corrected chi connectivity index (χ0v) is 10.4. The largest absolute Gasteiger partial charge is 0.491 e. The first-order chi connectivity index (χ1) is 8.19. The van der Waals surface area contributed by atoms with Gasteiger partial charge in [-0.15, -0.1) is 0 Å². The van der Waals surface area contributed by atoms with Crippen molar-refractivity contribution in [2.45, 2.75) is 32.0 Å². The van der Waals surface area contributed by atoms with Gasteiger partial charge in [0.2, 0.25) is 0 Å². The van der Waals surface area contributed by atoms with Crippen LogP contribution in [0.1, 0.15) is 25.3 Å². The first-order valence-corrected chi connectivity index (χ1v) is 6.04. The minimum absolute atomic E-state index is 0.166. The lowest BCUT2D eigenvalue weighted by Gasteiger charge is -2.12. The highest BCUT2D eigenvalue weighted by molar-refractivity contribution is 6.31. The van der Waals surface area contributed by atoms with Crippen molar-refractivity contribution in [3.05, 3.63) is 28.8 Å². The van der Waals surface area contributed by atoms with Gasteiger partial charge in [0.05, 0.1) is 22.8 Å². The predicted molar refractivity (Wildman–Crippen MR) is 65.2 cm³/mol. The number of halogens is 1. The van der Waals surface area contributed by atoms with E-state index in [1.165, 1.54) is 0 Å². The number of nitriles is 1. The number of ether oxygens (including phenoxy) is 2. The molecule has 1 aliphatic heterocycles. The van der Waals surface area contributed by atoms with Crippen LogP contribution in [0.15, 0.2) is 18.2 Å². The fourth-order valence-corrected chi connectivity index (χ4v) is 2.09. The zero-order valence-electron chi connectivity index (χ0n) is 9.65. The molecule has 0 aliphatic carbocycles. The van der Waals surface area contributed by atoms with Gasteiger partial charge in [0, 0.05) is 6.07 Å². The van der Waals surface area contributed by atoms with Gasteiger partial charge in [-0.2, -0.15) is 5.26 Å². The molecule has 3 nitrogen and oxygen atoms in total. The third-order valence-corrected chi connectivity index (χ3v) is 3.13. The molecule has 0 bridgehead atoms. The van der Waals surface area contributed by atoms with E-state index in [-0.39, 0.29) is 6.10 Å². The van der Waals surface area contributed by atoms with Crippen molar-refractivity contribution in [1.29, 1.82) is 5.26 Å². The summed E-state index contributed by atoms with van der Waals surface area (Å²) in [6.07, 6.45) is 2.61. The lowest BCUT2D eigenvalue weighted by atomic mass is 10.2. The molecule has 2 unspecified atom stereocenters. The second-order valence-electron chi connectivity index (χ2n) is 4.21. The maximum absolute atomic E-state index is 8.75. The molecule has 0 aromatic heterocycles. The number of benzene rings is 1. The molecule has 4 heteroatoms. The van der Waals surface area contributed by atoms with Crippen LogP contribution in [0.2, 0.25) is 5.02 Å². The molecule has 0 N–H and O–H groups in total. The van der Waals surface area contributed by atoms with Crippen LogP contribution in [0, 0.1) is 11.3 Å². The zero-order chi connectivity index (χ0) is 12.3. The molecule has 1 aliphatic rings. The minimum atomic E-state index is 0.166. The van der Waals surface area contributed by atoms with Crippen LogP contribution in [0.3, 0.4) is 0 Å². The molecule has 0 saturated carbocycles. The van der Waals surface area contributed by atoms with Crippen molar-refractivity contribution < 1.29 is 9.47 Å². The van der Waals surface area contributed by atoms with E-state index >= 15 is 0 Å². The lowest BCUT2D eigenvalue weighted by molar-refractivity contribution is 0.0264. The molecule has 1 saturated heterocycles. The molecule has 1 aromatic carbocycles. The van der Waals surface area contributed by atoms with Crippen molar-refractivity contribution in [2.75, 3.05) is 6.61 Å². The Hall–Kier alpha value is -1.24. The van der Waals surface area contributed by atoms with Gasteiger partial charge in [0.1, 0.15) is 18.4 Å². The molecule has 1 fully saturated rings. The molecule has 2 rings (SSSR count). The molecule has 1 heterocycles. The van der Waals surface area contributed by atoms with Crippen LogP contribution in [0.25, 0.3) is 0 Å². The SMILES string of the molecule is CC1CCC(COc2ccc(C#N)c(Cl)c2)O1. The fraction of sp³-hybridized carbons (Fsp3) is 0.462. The summed E-state index contributed by atoms with van der Waals surface area (Å²) in [5.74, 6) is 0.678. The number of nitrogens with zero attached hydrogens (tertiary/aromatic N) is 1. The molecule has 17 heavy (non-hydrogen) atoms. The summed E-state index contributed by atoms with van der Waals surface area (Å²) in [7, 11) is 0. The van der Waals surface area contributed by atoms with Crippen LogP contribution in [0.4, 0.5) is 0 Å². The predicted octanol–water partition coefficient (Wildman–Crippen LogP) is 3.16. The third-order valence-electron chi connectivity index (χ3n) is 2.82. The van der Waals surface area contributed by atoms with Gasteiger partial charge in [-0.05, 0) is 31.9 Å². The maximum Gasteiger partial charge on any atom is 0.121 e. The normalized spacial score (nSPS) is 23.4. The number of hydrogen-bond acceptors (Lipinski definition) is 3. The Labute approximate surface area is 106 Å². The summed E-state index contributed by atoms with van der Waals surface area (Å²) in [6, 6.07) is 7.09. The molecular formula is C13H14ClNO2. The topological polar surface area (TPSA) is 42.2 Å². The van der Waals surface area contributed by atoms with Crippen molar-refractivity contribution in [3.63, 3.8) is 0 Å². The van der Waals surface area contributed by atoms with E-state index in [2.05, 4.69) is 6.92 Å². The van der Waals surface area contributed by atoms with Crippen molar-refractivity contribution >= 4 is 11.6 Å². The number of hydrogen-bond donors (Lipinski definition) is 0. The summed E-state index contributed by atoms with van der Waals surface area (Å²) in [6.45, 7) is 2.60. The van der Waals surface area contributed by atoms with E-state index in [9.17, 15) is 0 Å². The molecule has 0 spiro atoms. The molecule has 90 valence electrons. The second kappa shape index (κ2) is 5.39. The van der Waals surface area contributed by atoms with E-state index in [4.69, 9.17) is 26.3 Å². The van der Waals surface area contributed by atoms with Gasteiger partial charge < -0.3 is 9.47 Å². The smallest absolute Gasteiger partial charge is 0.121 e. The Morgan fingerprint density at radius 3 is 2.94 bits per heavy atom. The fourth-order valence-electron chi connectivity index (χ4n) is 1.87. The van der Waals surface area contributed by atoms with Gasteiger partial charge in [-0.1, -0.05) is 11.6 Å². The van der Waals surface area contributed by atoms with Crippen molar-refractivity contribution in [3.8, 4) is 11.8 Å². The Morgan fingerprint density at radius 2 is 2.35 bits per heavy atom. The molecular weight excluding hydrogens is 238 g/mol. The van der Waals surface area contributed by atoms with E-state index in [1.54, 1.807) is 18.2 Å². The van der Waals surface area contributed by atoms with Crippen LogP contribution in [-0.4, -0.2) is 18.8 Å². The Morgan fingerprint density at radius 1 is 1.53 bits per heavy atom. The van der Waals surface area contributed by atoms with E-state index in [1.807, 2.05) is 6.07 Å². The highest BCUT2D eigenvalue weighted by atomic mass is 35.5. The highest BCUT2D eigenvalue weighted by Crippen LogP contribution is 2.24. The quantitative estimate of drug-likeness (QED) is 0.829. The molecule has 0 amide bonds. The Bertz CT molecular complexity index is 442. The average molecular weight is 252 g/mol. The summed E-state index contributed by atoms with van der Waals surface area (Å²) in [5.41, 5.74) is 0.463. The summed E-state index contributed by atoms with van der Waals surface area (Å²) < 4.78 is 11.2. The second-order valence-corrected chi connectivity index (χ2v) is 4.62. The molecule has 2 atom stereocenters. The first kappa shape index (κ1) is 12.2. The molecule has 0 radical (unpaired) electrons. The Kier molecular flexibility index (Phi) is 3.88. The van der Waals surface area contributed by atoms with Crippen LogP contribution in [0.5, 0.6) is 5.75 Å². The standard InChI is InChI=1S/C13H14ClNO2/c1-9-2-4-12(17-9)8-16-11-5-3-10(7-15)13(14)6-11/h3,5-6,9,12H,2,4,8H2,1H3. The Balaban J connectivity index is 1.91. The lowest BCUT2D eigenvalue weighted by Crippen LogP contribution is -2.17. The van der Waals surface area contributed by atoms with E-state index in [0.29, 0.717) is 29.0 Å². The van der Waals surface area contributed by atoms with Crippen molar-refractivity contribution in [1.82, 2.24) is 0 Å². The van der Waals surface area contributed by atoms with Crippen molar-refractivity contribution in [2.24, 2.45) is 0 Å². The highest BCUT2D eigenvalue weighted by Gasteiger charge is 2.22. The van der Waals surface area contributed by atoms with Gasteiger partial charge in [-0.25, -0.2) is 0 Å². The first-order valence-electron chi connectivity index (χ1n) is 5.67. The minimum Gasteiger partial charge on any atom is -0.491 e. The summed E-state index contributed by atoms with van der Waals surface area (Å²) >= 11 is 5.91.